The Morgan fingerprint density at radius 3 is 2.48 bits per heavy atom. The minimum atomic E-state index is -0.415. The normalized spacial score (nSPS) is 48.1. The quantitative estimate of drug-likeness (QED) is 0.555. The van der Waals surface area contributed by atoms with Crippen molar-refractivity contribution in [1.29, 1.82) is 0 Å². The zero-order valence-corrected chi connectivity index (χ0v) is 17.9. The van der Waals surface area contributed by atoms with Crippen LogP contribution in [-0.4, -0.2) is 41.6 Å². The third kappa shape index (κ3) is 3.75. The second-order valence-corrected chi connectivity index (χ2v) is 10.7. The summed E-state index contributed by atoms with van der Waals surface area (Å²) in [5, 5.41) is 24.7. The predicted molar refractivity (Wildman–Crippen MR) is 111 cm³/mol. The molecule has 0 heterocycles. The van der Waals surface area contributed by atoms with Crippen molar-refractivity contribution >= 4 is 0 Å². The maximum absolute atomic E-state index is 11.0. The van der Waals surface area contributed by atoms with Gasteiger partial charge in [-0.3, -0.25) is 0 Å². The van der Waals surface area contributed by atoms with Crippen LogP contribution in [0.1, 0.15) is 66.2 Å². The zero-order chi connectivity index (χ0) is 20.0. The van der Waals surface area contributed by atoms with Crippen molar-refractivity contribution < 1.29 is 10.2 Å². The van der Waals surface area contributed by atoms with E-state index in [9.17, 15) is 10.2 Å². The van der Waals surface area contributed by atoms with Crippen LogP contribution >= 0.6 is 0 Å². The maximum atomic E-state index is 11.0. The monoisotopic (exact) mass is 378 g/mol. The number of aliphatic hydroxyl groups excluding tert-OH is 2. The summed E-state index contributed by atoms with van der Waals surface area (Å²) in [5.74, 6) is 2.14. The molecule has 156 valence electrons. The molecule has 0 radical (unpaired) electrons. The van der Waals surface area contributed by atoms with Crippen molar-refractivity contribution in [2.24, 2.45) is 40.2 Å². The van der Waals surface area contributed by atoms with Gasteiger partial charge in [0.25, 0.3) is 0 Å². The number of nitrogens with two attached hydrogens (primary N) is 1. The summed E-state index contributed by atoms with van der Waals surface area (Å²) < 4.78 is 0. The molecule has 27 heavy (non-hydrogen) atoms. The molecule has 5 N–H and O–H groups in total. The molecule has 0 spiro atoms. The van der Waals surface area contributed by atoms with E-state index in [1.165, 1.54) is 5.57 Å². The Kier molecular flexibility index (Phi) is 6.13. The van der Waals surface area contributed by atoms with Crippen LogP contribution in [0.4, 0.5) is 0 Å². The van der Waals surface area contributed by atoms with E-state index in [2.05, 4.69) is 39.6 Å². The summed E-state index contributed by atoms with van der Waals surface area (Å²) in [7, 11) is 0. The van der Waals surface area contributed by atoms with E-state index >= 15 is 0 Å². The molecule has 3 unspecified atom stereocenters. The molecule has 0 bridgehead atoms. The van der Waals surface area contributed by atoms with Crippen molar-refractivity contribution in [3.63, 3.8) is 0 Å². The highest BCUT2D eigenvalue weighted by atomic mass is 16.3. The molecule has 0 amide bonds. The number of fused-ring (bicyclic) bond motifs is 1. The molecular weight excluding hydrogens is 336 g/mol. The van der Waals surface area contributed by atoms with Gasteiger partial charge in [-0.25, -0.2) is 0 Å². The zero-order valence-electron chi connectivity index (χ0n) is 17.9. The first kappa shape index (κ1) is 21.3. The van der Waals surface area contributed by atoms with Crippen LogP contribution < -0.4 is 11.1 Å². The van der Waals surface area contributed by atoms with Gasteiger partial charge >= 0.3 is 0 Å². The fourth-order valence-electron chi connectivity index (χ4n) is 6.64. The summed E-state index contributed by atoms with van der Waals surface area (Å²) in [4.78, 5) is 0. The van der Waals surface area contributed by atoms with Crippen molar-refractivity contribution in [3.8, 4) is 0 Å². The van der Waals surface area contributed by atoms with E-state index in [0.717, 1.165) is 45.2 Å². The SMILES string of the molecule is C=C1C(N)CC2[C@H](CNCC(C)C)C([C@@]3(C)CC[C@H](O)C[C@@H]3O)CC[C@]12C. The van der Waals surface area contributed by atoms with E-state index in [0.29, 0.717) is 30.1 Å². The molecule has 3 aliphatic rings. The second-order valence-electron chi connectivity index (χ2n) is 10.7. The van der Waals surface area contributed by atoms with E-state index in [1.54, 1.807) is 0 Å². The van der Waals surface area contributed by atoms with E-state index in [-0.39, 0.29) is 23.0 Å². The lowest BCUT2D eigenvalue weighted by Crippen LogP contribution is -2.54. The Hall–Kier alpha value is -0.420. The number of hydrogen-bond donors (Lipinski definition) is 4. The fraction of sp³-hybridized carbons (Fsp3) is 0.913. The smallest absolute Gasteiger partial charge is 0.0621 e. The van der Waals surface area contributed by atoms with Crippen molar-refractivity contribution in [3.05, 3.63) is 12.2 Å². The number of aliphatic hydroxyl groups is 2. The van der Waals surface area contributed by atoms with Crippen LogP contribution in [0, 0.1) is 34.5 Å². The molecule has 4 heteroatoms. The molecule has 0 aromatic heterocycles. The third-order valence-corrected chi connectivity index (χ3v) is 8.57. The first-order chi connectivity index (χ1) is 12.6. The average Bonchev–Trinajstić information content (AvgIpc) is 2.82. The molecule has 0 aliphatic heterocycles. The van der Waals surface area contributed by atoms with Gasteiger partial charge in [-0.15, -0.1) is 0 Å². The fourth-order valence-corrected chi connectivity index (χ4v) is 6.64. The lowest BCUT2D eigenvalue weighted by atomic mass is 9.51. The first-order valence-electron chi connectivity index (χ1n) is 11.1. The molecule has 3 saturated carbocycles. The number of rotatable bonds is 5. The lowest BCUT2D eigenvalue weighted by Gasteiger charge is -2.55. The van der Waals surface area contributed by atoms with Gasteiger partial charge in [0.15, 0.2) is 0 Å². The van der Waals surface area contributed by atoms with Gasteiger partial charge in [0.2, 0.25) is 0 Å². The van der Waals surface area contributed by atoms with Gasteiger partial charge in [0.1, 0.15) is 0 Å². The van der Waals surface area contributed by atoms with Gasteiger partial charge in [-0.05, 0) is 86.1 Å². The lowest BCUT2D eigenvalue weighted by molar-refractivity contribution is -0.118. The largest absolute Gasteiger partial charge is 0.393 e. The van der Waals surface area contributed by atoms with Crippen molar-refractivity contribution in [2.75, 3.05) is 13.1 Å². The van der Waals surface area contributed by atoms with Crippen molar-refractivity contribution in [1.82, 2.24) is 5.32 Å². The molecule has 3 rings (SSSR count). The summed E-state index contributed by atoms with van der Waals surface area (Å²) in [6, 6.07) is 0.109. The van der Waals surface area contributed by atoms with Gasteiger partial charge in [0, 0.05) is 6.04 Å². The standard InChI is InChI=1S/C23H42N2O2/c1-14(2)12-25-13-17-18(23(5)8-6-16(26)10-21(23)27)7-9-22(4)15(3)20(24)11-19(17)22/h14,16-21,25-27H,3,6-13,24H2,1-2,4-5H3/t16-,17+,18?,19?,20?,21-,22+,23+/m0/s1. The van der Waals surface area contributed by atoms with Crippen LogP contribution in [0.5, 0.6) is 0 Å². The molecule has 3 aliphatic carbocycles. The minimum Gasteiger partial charge on any atom is -0.393 e. The Morgan fingerprint density at radius 2 is 1.85 bits per heavy atom. The molecule has 3 fully saturated rings. The molecular formula is C23H42N2O2. The van der Waals surface area contributed by atoms with Crippen LogP contribution in [0.2, 0.25) is 0 Å². The molecule has 0 saturated heterocycles. The van der Waals surface area contributed by atoms with Crippen LogP contribution in [0.15, 0.2) is 12.2 Å². The van der Waals surface area contributed by atoms with Gasteiger partial charge < -0.3 is 21.3 Å². The first-order valence-corrected chi connectivity index (χ1v) is 11.1. The molecule has 8 atom stereocenters. The molecule has 0 aromatic rings. The molecule has 4 nitrogen and oxygen atoms in total. The topological polar surface area (TPSA) is 78.5 Å². The minimum absolute atomic E-state index is 0.109. The van der Waals surface area contributed by atoms with Gasteiger partial charge in [0.05, 0.1) is 12.2 Å². The highest BCUT2D eigenvalue weighted by molar-refractivity contribution is 5.26. The maximum Gasteiger partial charge on any atom is 0.0621 e. The number of nitrogens with one attached hydrogen (secondary N) is 1. The Morgan fingerprint density at radius 1 is 1.15 bits per heavy atom. The van der Waals surface area contributed by atoms with Gasteiger partial charge in [-0.1, -0.05) is 39.8 Å². The Balaban J connectivity index is 1.87. The highest BCUT2D eigenvalue weighted by Crippen LogP contribution is 2.62. The van der Waals surface area contributed by atoms with E-state index in [1.807, 2.05) is 0 Å². The second kappa shape index (κ2) is 7.78. The Labute approximate surface area is 166 Å². The highest BCUT2D eigenvalue weighted by Gasteiger charge is 2.58. The summed E-state index contributed by atoms with van der Waals surface area (Å²) in [6.45, 7) is 15.5. The summed E-state index contributed by atoms with van der Waals surface area (Å²) in [5.41, 5.74) is 7.72. The van der Waals surface area contributed by atoms with Crippen LogP contribution in [0.25, 0.3) is 0 Å². The predicted octanol–water partition coefficient (Wildman–Crippen LogP) is 3.08. The van der Waals surface area contributed by atoms with Gasteiger partial charge in [-0.2, -0.15) is 0 Å². The van der Waals surface area contributed by atoms with Crippen LogP contribution in [0.3, 0.4) is 0 Å². The summed E-state index contributed by atoms with van der Waals surface area (Å²) in [6.07, 6.45) is 4.75. The average molecular weight is 379 g/mol. The third-order valence-electron chi connectivity index (χ3n) is 8.57. The van der Waals surface area contributed by atoms with Crippen molar-refractivity contribution in [2.45, 2.75) is 84.5 Å². The van der Waals surface area contributed by atoms with E-state index < -0.39 is 6.10 Å². The Bertz CT molecular complexity index is 550. The van der Waals surface area contributed by atoms with E-state index in [4.69, 9.17) is 5.73 Å². The summed E-state index contributed by atoms with van der Waals surface area (Å²) >= 11 is 0. The van der Waals surface area contributed by atoms with Crippen LogP contribution in [-0.2, 0) is 0 Å². The number of hydrogen-bond acceptors (Lipinski definition) is 4. The molecule has 0 aromatic carbocycles.